The number of ether oxygens (including phenoxy) is 2. The van der Waals surface area contributed by atoms with Crippen LogP contribution in [0.4, 0.5) is 0 Å². The smallest absolute Gasteiger partial charge is 0.328 e. The zero-order valence-corrected chi connectivity index (χ0v) is 33.1. The summed E-state index contributed by atoms with van der Waals surface area (Å²) in [6.07, 6.45) is 36.7. The van der Waals surface area contributed by atoms with Crippen LogP contribution in [0.1, 0.15) is 219 Å². The first kappa shape index (κ1) is 48.3. The van der Waals surface area contributed by atoms with Gasteiger partial charge in [0.05, 0.1) is 19.3 Å². The molecule has 0 saturated heterocycles. The molecule has 0 fully saturated rings. The van der Waals surface area contributed by atoms with Crippen LogP contribution in [0, 0.1) is 0 Å². The highest BCUT2D eigenvalue weighted by Gasteiger charge is 2.26. The van der Waals surface area contributed by atoms with Crippen LogP contribution in [-0.4, -0.2) is 49.7 Å². The molecule has 0 heterocycles. The maximum Gasteiger partial charge on any atom is 0.328 e. The van der Waals surface area contributed by atoms with E-state index in [2.05, 4.69) is 19.2 Å². The summed E-state index contributed by atoms with van der Waals surface area (Å²) in [5.74, 6) is -1.29. The molecule has 0 aliphatic heterocycles. The third kappa shape index (κ3) is 33.5. The summed E-state index contributed by atoms with van der Waals surface area (Å²) < 4.78 is 11.0. The van der Waals surface area contributed by atoms with Crippen molar-refractivity contribution < 1.29 is 23.9 Å². The van der Waals surface area contributed by atoms with E-state index >= 15 is 0 Å². The number of hydrogen-bond donors (Lipinski definition) is 3. The zero-order valence-electron chi connectivity index (χ0n) is 33.1. The molecule has 0 bridgehead atoms. The molecule has 2 atom stereocenters. The van der Waals surface area contributed by atoms with Crippen LogP contribution in [-0.2, 0) is 23.9 Å². The molecule has 0 rings (SSSR count). The Bertz CT molecular complexity index is 766. The predicted octanol–water partition coefficient (Wildman–Crippen LogP) is 10.4. The van der Waals surface area contributed by atoms with Gasteiger partial charge in [0.15, 0.2) is 0 Å². The van der Waals surface area contributed by atoms with E-state index in [0.29, 0.717) is 32.6 Å². The van der Waals surface area contributed by atoms with Gasteiger partial charge in [0.1, 0.15) is 6.04 Å². The van der Waals surface area contributed by atoms with Gasteiger partial charge < -0.3 is 26.3 Å². The topological polar surface area (TPSA) is 134 Å². The molecule has 0 aromatic rings. The monoisotopic (exact) mass is 710 g/mol. The fourth-order valence-corrected chi connectivity index (χ4v) is 6.38. The fourth-order valence-electron chi connectivity index (χ4n) is 6.38. The van der Waals surface area contributed by atoms with Gasteiger partial charge in [-0.1, -0.05) is 181 Å². The Kier molecular flexibility index (Phi) is 37.3. The van der Waals surface area contributed by atoms with Gasteiger partial charge in [-0.05, 0) is 38.6 Å². The molecule has 50 heavy (non-hydrogen) atoms. The van der Waals surface area contributed by atoms with Crippen molar-refractivity contribution in [2.24, 2.45) is 11.5 Å². The lowest BCUT2D eigenvalue weighted by molar-refractivity contribution is -0.149. The van der Waals surface area contributed by atoms with Crippen molar-refractivity contribution in [3.8, 4) is 0 Å². The molecule has 0 radical (unpaired) electrons. The van der Waals surface area contributed by atoms with Gasteiger partial charge in [0, 0.05) is 6.42 Å². The normalized spacial score (nSPS) is 12.5. The molecular weight excluding hydrogens is 626 g/mol. The maximum absolute atomic E-state index is 12.9. The van der Waals surface area contributed by atoms with E-state index in [4.69, 9.17) is 20.9 Å². The second-order valence-electron chi connectivity index (χ2n) is 14.7. The lowest BCUT2D eigenvalue weighted by atomic mass is 10.0. The van der Waals surface area contributed by atoms with Gasteiger partial charge in [-0.2, -0.15) is 0 Å². The van der Waals surface area contributed by atoms with E-state index in [1.165, 1.54) is 141 Å². The van der Waals surface area contributed by atoms with Crippen LogP contribution in [0.2, 0.25) is 0 Å². The van der Waals surface area contributed by atoms with Gasteiger partial charge in [-0.25, -0.2) is 4.79 Å². The van der Waals surface area contributed by atoms with E-state index in [-0.39, 0.29) is 18.8 Å². The largest absolute Gasteiger partial charge is 0.466 e. The summed E-state index contributed by atoms with van der Waals surface area (Å²) in [7, 11) is 0. The molecule has 0 unspecified atom stereocenters. The quantitative estimate of drug-likeness (QED) is 0.0427. The molecule has 0 aromatic heterocycles. The number of unbranched alkanes of at least 4 members (excludes halogenated alkanes) is 26. The Morgan fingerprint density at radius 3 is 1.24 bits per heavy atom. The van der Waals surface area contributed by atoms with Crippen molar-refractivity contribution in [3.63, 3.8) is 0 Å². The zero-order chi connectivity index (χ0) is 36.8. The third-order valence-corrected chi connectivity index (χ3v) is 9.80. The number of nitrogens with one attached hydrogen (secondary N) is 1. The number of carbonyl (C=O) groups excluding carboxylic acids is 3. The van der Waals surface area contributed by atoms with Crippen LogP contribution in [0.25, 0.3) is 0 Å². The minimum absolute atomic E-state index is 0.0372. The van der Waals surface area contributed by atoms with Crippen molar-refractivity contribution in [2.75, 3.05) is 19.8 Å². The Balaban J connectivity index is 4.14. The summed E-state index contributed by atoms with van der Waals surface area (Å²) in [6, 6.07) is -1.68. The van der Waals surface area contributed by atoms with Crippen LogP contribution in [0.5, 0.6) is 0 Å². The molecule has 5 N–H and O–H groups in total. The van der Waals surface area contributed by atoms with Gasteiger partial charge in [0.2, 0.25) is 5.91 Å². The van der Waals surface area contributed by atoms with Crippen LogP contribution in [0.3, 0.4) is 0 Å². The Morgan fingerprint density at radius 2 is 0.860 bits per heavy atom. The number of carbonyl (C=O) groups is 3. The van der Waals surface area contributed by atoms with Crippen molar-refractivity contribution in [1.29, 1.82) is 0 Å². The molecule has 8 nitrogen and oxygen atoms in total. The number of nitrogens with two attached hydrogens (primary N) is 2. The number of rotatable bonds is 39. The Labute approximate surface area is 309 Å². The molecule has 8 heteroatoms. The molecule has 296 valence electrons. The van der Waals surface area contributed by atoms with Crippen LogP contribution >= 0.6 is 0 Å². The maximum atomic E-state index is 12.9. The number of amides is 1. The molecule has 0 aliphatic carbocycles. The number of hydrogen-bond acceptors (Lipinski definition) is 7. The van der Waals surface area contributed by atoms with Gasteiger partial charge in [0.25, 0.3) is 0 Å². The molecule has 0 aliphatic rings. The SMILES string of the molecule is CCCCCCCCCCCCCCCCOC(=O)CC[C@H](NC(=O)[C@@H](N)CCCN)C(=O)OCCCCCCCCCCCCCCCC. The van der Waals surface area contributed by atoms with Crippen molar-refractivity contribution >= 4 is 17.8 Å². The Morgan fingerprint density at radius 1 is 0.500 bits per heavy atom. The summed E-state index contributed by atoms with van der Waals surface area (Å²) in [5.41, 5.74) is 11.6. The molecule has 0 aromatic carbocycles. The minimum atomic E-state index is -0.924. The van der Waals surface area contributed by atoms with E-state index in [9.17, 15) is 14.4 Å². The van der Waals surface area contributed by atoms with Crippen LogP contribution in [0.15, 0.2) is 0 Å². The van der Waals surface area contributed by atoms with Crippen LogP contribution < -0.4 is 16.8 Å². The lowest BCUT2D eigenvalue weighted by Gasteiger charge is -2.20. The first-order valence-corrected chi connectivity index (χ1v) is 21.5. The minimum Gasteiger partial charge on any atom is -0.466 e. The average molecular weight is 710 g/mol. The fraction of sp³-hybridized carbons (Fsp3) is 0.929. The molecular formula is C42H83N3O5. The second-order valence-corrected chi connectivity index (χ2v) is 14.7. The molecule has 0 saturated carbocycles. The second kappa shape index (κ2) is 38.6. The van der Waals surface area contributed by atoms with Gasteiger partial charge in [-0.15, -0.1) is 0 Å². The first-order chi connectivity index (χ1) is 24.5. The summed E-state index contributed by atoms with van der Waals surface area (Å²) in [5, 5.41) is 2.72. The summed E-state index contributed by atoms with van der Waals surface area (Å²) in [6.45, 7) is 5.67. The highest BCUT2D eigenvalue weighted by atomic mass is 16.5. The van der Waals surface area contributed by atoms with E-state index < -0.39 is 24.0 Å². The summed E-state index contributed by atoms with van der Waals surface area (Å²) in [4.78, 5) is 38.0. The summed E-state index contributed by atoms with van der Waals surface area (Å²) >= 11 is 0. The predicted molar refractivity (Wildman–Crippen MR) is 210 cm³/mol. The van der Waals surface area contributed by atoms with Gasteiger partial charge >= 0.3 is 11.9 Å². The standard InChI is InChI=1S/C42H83N3O5/c1-3-5-7-9-11-13-15-17-19-21-23-25-27-29-36-49-40(46)34-33-39(45-41(47)38(44)32-31-35-43)42(48)50-37-30-28-26-24-22-20-18-16-14-12-10-8-6-4-2/h38-39H,3-37,43-44H2,1-2H3,(H,45,47)/t38-,39-/m0/s1. The van der Waals surface area contributed by atoms with Gasteiger partial charge in [-0.3, -0.25) is 9.59 Å². The lowest BCUT2D eigenvalue weighted by Crippen LogP contribution is -2.49. The molecule has 0 spiro atoms. The van der Waals surface area contributed by atoms with Crippen molar-refractivity contribution in [3.05, 3.63) is 0 Å². The van der Waals surface area contributed by atoms with Crippen molar-refractivity contribution in [2.45, 2.75) is 231 Å². The average Bonchev–Trinajstić information content (AvgIpc) is 3.11. The van der Waals surface area contributed by atoms with E-state index in [1.54, 1.807) is 0 Å². The Hall–Kier alpha value is -1.67. The third-order valence-electron chi connectivity index (χ3n) is 9.80. The molecule has 1 amide bonds. The van der Waals surface area contributed by atoms with Crippen molar-refractivity contribution in [1.82, 2.24) is 5.32 Å². The van der Waals surface area contributed by atoms with E-state index in [0.717, 1.165) is 38.5 Å². The highest BCUT2D eigenvalue weighted by molar-refractivity contribution is 5.87. The first-order valence-electron chi connectivity index (χ1n) is 21.5. The van der Waals surface area contributed by atoms with E-state index in [1.807, 2.05) is 0 Å². The highest BCUT2D eigenvalue weighted by Crippen LogP contribution is 2.15. The number of esters is 2.